The molecule has 0 saturated heterocycles. The summed E-state index contributed by atoms with van der Waals surface area (Å²) in [6.07, 6.45) is 3.36. The first-order valence-electron chi connectivity index (χ1n) is 7.21. The fourth-order valence-electron chi connectivity index (χ4n) is 2.15. The van der Waals surface area contributed by atoms with Crippen molar-refractivity contribution in [2.75, 3.05) is 19.5 Å². The maximum absolute atomic E-state index is 12.5. The first kappa shape index (κ1) is 17.2. The lowest BCUT2D eigenvalue weighted by Crippen LogP contribution is -2.13. The molecule has 2 aromatic heterocycles. The molecule has 0 spiro atoms. The Bertz CT molecular complexity index is 899. The molecule has 0 aliphatic heterocycles. The van der Waals surface area contributed by atoms with Crippen LogP contribution in [0.15, 0.2) is 42.0 Å². The third kappa shape index (κ3) is 3.72. The first-order chi connectivity index (χ1) is 12.1. The molecule has 1 amide bonds. The van der Waals surface area contributed by atoms with Gasteiger partial charge in [-0.05, 0) is 12.1 Å². The number of rotatable bonds is 5. The minimum Gasteiger partial charge on any atom is -0.495 e. The van der Waals surface area contributed by atoms with E-state index in [0.717, 1.165) is 10.6 Å². The number of methoxy groups -OCH3 is 2. The predicted molar refractivity (Wildman–Crippen MR) is 97.9 cm³/mol. The zero-order valence-corrected chi connectivity index (χ0v) is 15.0. The number of anilines is 1. The Morgan fingerprint density at radius 1 is 1.16 bits per heavy atom. The third-order valence-electron chi connectivity index (χ3n) is 3.39. The van der Waals surface area contributed by atoms with Crippen LogP contribution in [0.4, 0.5) is 5.69 Å². The topological polar surface area (TPSA) is 73.3 Å². The molecule has 2 heterocycles. The summed E-state index contributed by atoms with van der Waals surface area (Å²) in [6.45, 7) is 0. The van der Waals surface area contributed by atoms with Gasteiger partial charge >= 0.3 is 0 Å². The summed E-state index contributed by atoms with van der Waals surface area (Å²) >= 11 is 7.46. The molecule has 3 aromatic rings. The van der Waals surface area contributed by atoms with Crippen molar-refractivity contribution in [1.82, 2.24) is 9.97 Å². The van der Waals surface area contributed by atoms with Crippen LogP contribution in [0.1, 0.15) is 10.5 Å². The van der Waals surface area contributed by atoms with Crippen molar-refractivity contribution in [3.63, 3.8) is 0 Å². The zero-order valence-electron chi connectivity index (χ0n) is 13.4. The Morgan fingerprint density at radius 2 is 1.88 bits per heavy atom. The first-order valence-corrected chi connectivity index (χ1v) is 8.47. The van der Waals surface area contributed by atoms with E-state index in [2.05, 4.69) is 15.3 Å². The Labute approximate surface area is 153 Å². The highest BCUT2D eigenvalue weighted by atomic mass is 35.5. The summed E-state index contributed by atoms with van der Waals surface area (Å²) in [4.78, 5) is 20.8. The van der Waals surface area contributed by atoms with E-state index >= 15 is 0 Å². The lowest BCUT2D eigenvalue weighted by molar-refractivity contribution is 0.102. The molecule has 3 rings (SSSR count). The summed E-state index contributed by atoms with van der Waals surface area (Å²) in [5.74, 6) is 0.525. The van der Waals surface area contributed by atoms with E-state index in [1.54, 1.807) is 29.9 Å². The van der Waals surface area contributed by atoms with E-state index in [1.165, 1.54) is 25.6 Å². The predicted octanol–water partition coefficient (Wildman–Crippen LogP) is 4.13. The number of pyridine rings is 1. The highest BCUT2D eigenvalue weighted by Crippen LogP contribution is 2.36. The minimum absolute atomic E-state index is 0.313. The number of halogens is 1. The minimum atomic E-state index is -0.348. The Hall–Kier alpha value is -2.64. The number of benzene rings is 1. The van der Waals surface area contributed by atoms with Crippen molar-refractivity contribution in [1.29, 1.82) is 0 Å². The van der Waals surface area contributed by atoms with Gasteiger partial charge in [0, 0.05) is 35.5 Å². The van der Waals surface area contributed by atoms with Gasteiger partial charge < -0.3 is 14.8 Å². The average molecular weight is 376 g/mol. The van der Waals surface area contributed by atoms with Crippen LogP contribution in [0.25, 0.3) is 10.6 Å². The number of nitrogens with zero attached hydrogens (tertiary/aromatic N) is 2. The van der Waals surface area contributed by atoms with Gasteiger partial charge in [-0.15, -0.1) is 11.3 Å². The third-order valence-corrected chi connectivity index (χ3v) is 4.57. The number of thiazole rings is 1. The van der Waals surface area contributed by atoms with Gasteiger partial charge in [0.25, 0.3) is 5.91 Å². The van der Waals surface area contributed by atoms with Crippen molar-refractivity contribution in [3.05, 3.63) is 52.8 Å². The average Bonchev–Trinajstić information content (AvgIpc) is 3.13. The van der Waals surface area contributed by atoms with Crippen LogP contribution in [-0.2, 0) is 0 Å². The number of ether oxygens (including phenoxy) is 2. The molecule has 0 aliphatic rings. The van der Waals surface area contributed by atoms with Gasteiger partial charge in [-0.1, -0.05) is 11.6 Å². The van der Waals surface area contributed by atoms with Crippen LogP contribution in [0.5, 0.6) is 11.5 Å². The van der Waals surface area contributed by atoms with Crippen molar-refractivity contribution in [2.24, 2.45) is 0 Å². The van der Waals surface area contributed by atoms with Gasteiger partial charge in [0.2, 0.25) is 0 Å². The monoisotopic (exact) mass is 375 g/mol. The summed E-state index contributed by atoms with van der Waals surface area (Å²) in [6, 6.07) is 6.87. The summed E-state index contributed by atoms with van der Waals surface area (Å²) in [5.41, 5.74) is 1.67. The zero-order chi connectivity index (χ0) is 17.8. The molecular formula is C17H14ClN3O3S. The smallest absolute Gasteiger partial charge is 0.275 e. The van der Waals surface area contributed by atoms with Crippen molar-refractivity contribution < 1.29 is 14.3 Å². The van der Waals surface area contributed by atoms with Crippen LogP contribution in [0.2, 0.25) is 5.02 Å². The standard InChI is InChI=1S/C17H14ClN3O3S/c1-23-14-8-12(15(24-2)7-11(14)18)20-16(22)13-9-25-17(21-13)10-3-5-19-6-4-10/h3-9H,1-2H3,(H,20,22). The molecule has 0 fully saturated rings. The van der Waals surface area contributed by atoms with Crippen LogP contribution in [-0.4, -0.2) is 30.1 Å². The number of hydrogen-bond donors (Lipinski definition) is 1. The number of hydrogen-bond acceptors (Lipinski definition) is 6. The van der Waals surface area contributed by atoms with E-state index in [4.69, 9.17) is 21.1 Å². The van der Waals surface area contributed by atoms with Gasteiger partial charge in [-0.25, -0.2) is 4.98 Å². The van der Waals surface area contributed by atoms with E-state index < -0.39 is 0 Å². The lowest BCUT2D eigenvalue weighted by Gasteiger charge is -2.12. The van der Waals surface area contributed by atoms with E-state index in [-0.39, 0.29) is 5.91 Å². The maximum atomic E-state index is 12.5. The molecule has 0 saturated carbocycles. The number of nitrogens with one attached hydrogen (secondary N) is 1. The normalized spacial score (nSPS) is 10.4. The van der Waals surface area contributed by atoms with Gasteiger partial charge in [0.15, 0.2) is 0 Å². The van der Waals surface area contributed by atoms with Crippen LogP contribution in [0, 0.1) is 0 Å². The molecule has 0 aliphatic carbocycles. The van der Waals surface area contributed by atoms with E-state index in [1.807, 2.05) is 12.1 Å². The van der Waals surface area contributed by atoms with Gasteiger partial charge in [0.05, 0.1) is 24.9 Å². The van der Waals surface area contributed by atoms with Gasteiger partial charge in [0.1, 0.15) is 22.2 Å². The van der Waals surface area contributed by atoms with Crippen LogP contribution >= 0.6 is 22.9 Å². The summed E-state index contributed by atoms with van der Waals surface area (Å²) in [7, 11) is 3.00. The fourth-order valence-corrected chi connectivity index (χ4v) is 3.19. The number of carbonyl (C=O) groups excluding carboxylic acids is 1. The Kier molecular flexibility index (Phi) is 5.16. The SMILES string of the molecule is COc1cc(NC(=O)c2csc(-c3ccncc3)n2)c(OC)cc1Cl. The van der Waals surface area contributed by atoms with E-state index in [9.17, 15) is 4.79 Å². The summed E-state index contributed by atoms with van der Waals surface area (Å²) in [5, 5.41) is 5.61. The highest BCUT2D eigenvalue weighted by Gasteiger charge is 2.16. The molecular weight excluding hydrogens is 362 g/mol. The van der Waals surface area contributed by atoms with Gasteiger partial charge in [-0.2, -0.15) is 0 Å². The molecule has 0 atom stereocenters. The molecule has 1 aromatic carbocycles. The lowest BCUT2D eigenvalue weighted by atomic mass is 10.2. The van der Waals surface area contributed by atoms with Crippen LogP contribution in [0.3, 0.4) is 0 Å². The molecule has 0 bridgehead atoms. The van der Waals surface area contributed by atoms with E-state index in [0.29, 0.717) is 27.9 Å². The second-order valence-corrected chi connectivity index (χ2v) is 6.18. The largest absolute Gasteiger partial charge is 0.495 e. The number of amides is 1. The number of aromatic nitrogens is 2. The second kappa shape index (κ2) is 7.50. The van der Waals surface area contributed by atoms with Gasteiger partial charge in [-0.3, -0.25) is 9.78 Å². The Morgan fingerprint density at radius 3 is 2.56 bits per heavy atom. The molecule has 25 heavy (non-hydrogen) atoms. The summed E-state index contributed by atoms with van der Waals surface area (Å²) < 4.78 is 10.4. The van der Waals surface area contributed by atoms with Crippen molar-refractivity contribution in [2.45, 2.75) is 0 Å². The fraction of sp³-hybridized carbons (Fsp3) is 0.118. The molecule has 6 nitrogen and oxygen atoms in total. The molecule has 8 heteroatoms. The highest BCUT2D eigenvalue weighted by molar-refractivity contribution is 7.13. The van der Waals surface area contributed by atoms with Crippen molar-refractivity contribution in [3.8, 4) is 22.1 Å². The molecule has 0 unspecified atom stereocenters. The molecule has 0 radical (unpaired) electrons. The molecule has 128 valence electrons. The Balaban J connectivity index is 1.85. The second-order valence-electron chi connectivity index (χ2n) is 4.91. The molecule has 1 N–H and O–H groups in total. The van der Waals surface area contributed by atoms with Crippen LogP contribution < -0.4 is 14.8 Å². The quantitative estimate of drug-likeness (QED) is 0.725. The maximum Gasteiger partial charge on any atom is 0.275 e. The van der Waals surface area contributed by atoms with Crippen molar-refractivity contribution >= 4 is 34.5 Å². The number of carbonyl (C=O) groups is 1.